The van der Waals surface area contributed by atoms with Crippen LogP contribution in [0, 0.1) is 12.8 Å². The van der Waals surface area contributed by atoms with Crippen LogP contribution in [0.1, 0.15) is 12.0 Å². The van der Waals surface area contributed by atoms with Crippen molar-refractivity contribution >= 4 is 41.9 Å². The lowest BCUT2D eigenvalue weighted by Crippen LogP contribution is -2.30. The summed E-state index contributed by atoms with van der Waals surface area (Å²) in [6, 6.07) is 3.45. The third-order valence-electron chi connectivity index (χ3n) is 3.55. The van der Waals surface area contributed by atoms with Crippen LogP contribution < -0.4 is 4.72 Å². The molecule has 0 saturated carbocycles. The second-order valence-corrected chi connectivity index (χ2v) is 8.74. The van der Waals surface area contributed by atoms with Crippen molar-refractivity contribution < 1.29 is 8.42 Å². The van der Waals surface area contributed by atoms with Gasteiger partial charge in [0.15, 0.2) is 0 Å². The number of aryl methyl sites for hydroxylation is 1. The van der Waals surface area contributed by atoms with Crippen LogP contribution in [-0.4, -0.2) is 40.0 Å². The predicted molar refractivity (Wildman–Crippen MR) is 87.4 cm³/mol. The van der Waals surface area contributed by atoms with E-state index in [1.54, 1.807) is 6.07 Å². The van der Waals surface area contributed by atoms with Crippen molar-refractivity contribution in [2.75, 3.05) is 26.7 Å². The molecule has 1 unspecified atom stereocenters. The molecule has 1 N–H and O–H groups in total. The van der Waals surface area contributed by atoms with Crippen molar-refractivity contribution in [1.29, 1.82) is 0 Å². The molecule has 112 valence electrons. The number of benzene rings is 1. The standard InChI is InChI=1S/C13H18Br2N2O2S/c1-9-5-12(15)13(6-11(9)14)20(18,19)16-7-10-3-4-17(2)8-10/h5-6,10,16H,3-4,7-8H2,1-2H3. The molecule has 0 amide bonds. The molecule has 1 aromatic rings. The molecule has 1 atom stereocenters. The van der Waals surface area contributed by atoms with Crippen LogP contribution in [0.3, 0.4) is 0 Å². The lowest BCUT2D eigenvalue weighted by molar-refractivity contribution is 0.394. The van der Waals surface area contributed by atoms with Gasteiger partial charge in [0.25, 0.3) is 0 Å². The summed E-state index contributed by atoms with van der Waals surface area (Å²) in [4.78, 5) is 2.50. The Morgan fingerprint density at radius 2 is 2.05 bits per heavy atom. The Balaban J connectivity index is 2.12. The van der Waals surface area contributed by atoms with Gasteiger partial charge in [-0.1, -0.05) is 15.9 Å². The molecule has 0 aliphatic carbocycles. The van der Waals surface area contributed by atoms with Crippen LogP contribution >= 0.6 is 31.9 Å². The van der Waals surface area contributed by atoms with Gasteiger partial charge in [-0.15, -0.1) is 0 Å². The molecule has 1 aromatic carbocycles. The molecule has 1 aliphatic heterocycles. The topological polar surface area (TPSA) is 49.4 Å². The van der Waals surface area contributed by atoms with Crippen LogP contribution in [0.15, 0.2) is 26.0 Å². The van der Waals surface area contributed by atoms with Gasteiger partial charge in [0.2, 0.25) is 10.0 Å². The molecule has 0 spiro atoms. The highest BCUT2D eigenvalue weighted by Crippen LogP contribution is 2.28. The monoisotopic (exact) mass is 424 g/mol. The second kappa shape index (κ2) is 6.44. The second-order valence-electron chi connectivity index (χ2n) is 5.30. The van der Waals surface area contributed by atoms with Gasteiger partial charge in [0.05, 0.1) is 4.90 Å². The highest BCUT2D eigenvalue weighted by Gasteiger charge is 2.24. The fourth-order valence-corrected chi connectivity index (χ4v) is 5.12. The average Bonchev–Trinajstić information content (AvgIpc) is 2.77. The number of likely N-dealkylation sites (tertiary alicyclic amines) is 1. The first-order chi connectivity index (χ1) is 9.29. The Morgan fingerprint density at radius 3 is 2.65 bits per heavy atom. The van der Waals surface area contributed by atoms with E-state index in [4.69, 9.17) is 0 Å². The van der Waals surface area contributed by atoms with Gasteiger partial charge in [-0.25, -0.2) is 13.1 Å². The number of nitrogens with one attached hydrogen (secondary N) is 1. The molecule has 0 aromatic heterocycles. The van der Waals surface area contributed by atoms with Crippen molar-refractivity contribution in [1.82, 2.24) is 9.62 Å². The van der Waals surface area contributed by atoms with Crippen LogP contribution in [0.5, 0.6) is 0 Å². The first-order valence-corrected chi connectivity index (χ1v) is 9.50. The minimum atomic E-state index is -3.48. The van der Waals surface area contributed by atoms with Gasteiger partial charge in [0.1, 0.15) is 0 Å². The number of nitrogens with zero attached hydrogens (tertiary/aromatic N) is 1. The molecule has 0 bridgehead atoms. The van der Waals surface area contributed by atoms with Crippen molar-refractivity contribution in [3.8, 4) is 0 Å². The van der Waals surface area contributed by atoms with E-state index in [9.17, 15) is 8.42 Å². The molecule has 2 rings (SSSR count). The molecule has 1 aliphatic rings. The van der Waals surface area contributed by atoms with E-state index < -0.39 is 10.0 Å². The molecule has 0 radical (unpaired) electrons. The Kier molecular flexibility index (Phi) is 5.29. The van der Waals surface area contributed by atoms with E-state index >= 15 is 0 Å². The summed E-state index contributed by atoms with van der Waals surface area (Å²) in [5.74, 6) is 0.391. The maximum Gasteiger partial charge on any atom is 0.241 e. The number of sulfonamides is 1. The zero-order valence-corrected chi connectivity index (χ0v) is 15.5. The van der Waals surface area contributed by atoms with E-state index in [0.29, 0.717) is 16.9 Å². The Bertz CT molecular complexity index is 605. The van der Waals surface area contributed by atoms with E-state index in [0.717, 1.165) is 29.5 Å². The lowest BCUT2D eigenvalue weighted by atomic mass is 10.1. The molecule has 7 heteroatoms. The third-order valence-corrected chi connectivity index (χ3v) is 6.79. The SMILES string of the molecule is Cc1cc(Br)c(S(=O)(=O)NCC2CCN(C)C2)cc1Br. The Labute approximate surface area is 137 Å². The van der Waals surface area contributed by atoms with Gasteiger partial charge in [-0.2, -0.15) is 0 Å². The Morgan fingerprint density at radius 1 is 1.35 bits per heavy atom. The first kappa shape index (κ1) is 16.4. The van der Waals surface area contributed by atoms with E-state index in [1.165, 1.54) is 0 Å². The number of rotatable bonds is 4. The molecule has 1 fully saturated rings. The summed E-state index contributed by atoms with van der Waals surface area (Å²) in [5.41, 5.74) is 0.994. The van der Waals surface area contributed by atoms with Crippen LogP contribution in [-0.2, 0) is 10.0 Å². The summed E-state index contributed by atoms with van der Waals surface area (Å²) in [6.45, 7) is 4.39. The largest absolute Gasteiger partial charge is 0.306 e. The molecular formula is C13H18Br2N2O2S. The van der Waals surface area contributed by atoms with Gasteiger partial charge in [-0.3, -0.25) is 0 Å². The predicted octanol–water partition coefficient (Wildman–Crippen LogP) is 2.75. The molecule has 1 saturated heterocycles. The summed E-state index contributed by atoms with van der Waals surface area (Å²) in [7, 11) is -1.42. The fourth-order valence-electron chi connectivity index (χ4n) is 2.33. The van der Waals surface area contributed by atoms with E-state index in [2.05, 4.69) is 48.5 Å². The average molecular weight is 426 g/mol. The number of hydrogen-bond acceptors (Lipinski definition) is 3. The molecular weight excluding hydrogens is 408 g/mol. The molecule has 20 heavy (non-hydrogen) atoms. The third kappa shape index (κ3) is 3.82. The zero-order valence-electron chi connectivity index (χ0n) is 11.5. The van der Waals surface area contributed by atoms with Gasteiger partial charge in [0, 0.05) is 22.0 Å². The minimum Gasteiger partial charge on any atom is -0.306 e. The summed E-state index contributed by atoms with van der Waals surface area (Å²) in [6.07, 6.45) is 1.04. The van der Waals surface area contributed by atoms with Gasteiger partial charge < -0.3 is 4.90 Å². The van der Waals surface area contributed by atoms with Crippen molar-refractivity contribution in [3.63, 3.8) is 0 Å². The van der Waals surface area contributed by atoms with Crippen LogP contribution in [0.2, 0.25) is 0 Å². The summed E-state index contributed by atoms with van der Waals surface area (Å²) >= 11 is 6.71. The van der Waals surface area contributed by atoms with E-state index in [-0.39, 0.29) is 4.90 Å². The molecule has 4 nitrogen and oxygen atoms in total. The summed E-state index contributed by atoms with van der Waals surface area (Å²) in [5, 5.41) is 0. The lowest BCUT2D eigenvalue weighted by Gasteiger charge is -2.14. The Hall–Kier alpha value is 0.0500. The van der Waals surface area contributed by atoms with Crippen molar-refractivity contribution in [2.45, 2.75) is 18.2 Å². The zero-order chi connectivity index (χ0) is 14.9. The maximum atomic E-state index is 12.4. The van der Waals surface area contributed by atoms with Gasteiger partial charge >= 0.3 is 0 Å². The molecule has 1 heterocycles. The smallest absolute Gasteiger partial charge is 0.241 e. The van der Waals surface area contributed by atoms with Crippen LogP contribution in [0.25, 0.3) is 0 Å². The van der Waals surface area contributed by atoms with Gasteiger partial charge in [-0.05, 0) is 66.5 Å². The fraction of sp³-hybridized carbons (Fsp3) is 0.538. The van der Waals surface area contributed by atoms with Crippen molar-refractivity contribution in [2.24, 2.45) is 5.92 Å². The highest BCUT2D eigenvalue weighted by atomic mass is 79.9. The summed E-state index contributed by atoms with van der Waals surface area (Å²) < 4.78 is 28.9. The number of hydrogen-bond donors (Lipinski definition) is 1. The number of halogens is 2. The first-order valence-electron chi connectivity index (χ1n) is 6.43. The maximum absolute atomic E-state index is 12.4. The minimum absolute atomic E-state index is 0.279. The van der Waals surface area contributed by atoms with Crippen molar-refractivity contribution in [3.05, 3.63) is 26.6 Å². The quantitative estimate of drug-likeness (QED) is 0.806. The highest BCUT2D eigenvalue weighted by molar-refractivity contribution is 9.11. The van der Waals surface area contributed by atoms with E-state index in [1.807, 2.05) is 13.0 Å². The normalized spacial score (nSPS) is 20.5. The van der Waals surface area contributed by atoms with Crippen LogP contribution in [0.4, 0.5) is 0 Å².